The monoisotopic (exact) mass is 304 g/mol. The maximum atomic E-state index is 6.06. The first-order chi connectivity index (χ1) is 9.79. The van der Waals surface area contributed by atoms with E-state index in [0.29, 0.717) is 0 Å². The van der Waals surface area contributed by atoms with Gasteiger partial charge >= 0.3 is 0 Å². The summed E-state index contributed by atoms with van der Waals surface area (Å²) < 4.78 is 5.37. The van der Waals surface area contributed by atoms with Crippen LogP contribution in [0.5, 0.6) is 0 Å². The fourth-order valence-corrected chi connectivity index (χ4v) is 3.79. The molecule has 20 heavy (non-hydrogen) atoms. The Labute approximate surface area is 125 Å². The van der Waals surface area contributed by atoms with E-state index in [1.807, 2.05) is 29.5 Å². The average molecular weight is 305 g/mol. The van der Waals surface area contributed by atoms with Crippen molar-refractivity contribution in [2.24, 2.45) is 0 Å². The minimum Gasteiger partial charge on any atom is -0.356 e. The molecular formula is C15H13ClN2OS. The number of aromatic nitrogens is 1. The van der Waals surface area contributed by atoms with Gasteiger partial charge in [-0.1, -0.05) is 16.8 Å². The molecule has 1 aliphatic heterocycles. The lowest BCUT2D eigenvalue weighted by Gasteiger charge is -2.25. The normalized spacial score (nSPS) is 15.7. The highest BCUT2D eigenvalue weighted by Gasteiger charge is 2.19. The van der Waals surface area contributed by atoms with Crippen molar-refractivity contribution in [1.82, 2.24) is 10.1 Å². The molecule has 0 atom stereocenters. The molecule has 0 fully saturated rings. The molecule has 0 unspecified atom stereocenters. The Hall–Kier alpha value is -1.36. The van der Waals surface area contributed by atoms with Gasteiger partial charge in [0.2, 0.25) is 0 Å². The Morgan fingerprint density at radius 2 is 2.30 bits per heavy atom. The summed E-state index contributed by atoms with van der Waals surface area (Å²) in [5.41, 5.74) is 3.23. The minimum absolute atomic E-state index is 0.723. The zero-order valence-electron chi connectivity index (χ0n) is 10.8. The van der Waals surface area contributed by atoms with Crippen LogP contribution >= 0.6 is 22.9 Å². The number of rotatable bonds is 2. The number of nitrogens with zero attached hydrogens (tertiary/aromatic N) is 2. The summed E-state index contributed by atoms with van der Waals surface area (Å²) in [6.45, 7) is 2.87. The number of halogens is 1. The van der Waals surface area contributed by atoms with Gasteiger partial charge < -0.3 is 4.52 Å². The van der Waals surface area contributed by atoms with E-state index < -0.39 is 0 Å². The third kappa shape index (κ3) is 2.14. The van der Waals surface area contributed by atoms with Crippen molar-refractivity contribution in [1.29, 1.82) is 0 Å². The Bertz CT molecular complexity index is 764. The molecule has 0 saturated heterocycles. The van der Waals surface area contributed by atoms with Crippen LogP contribution in [-0.2, 0) is 19.5 Å². The number of hydrogen-bond acceptors (Lipinski definition) is 4. The summed E-state index contributed by atoms with van der Waals surface area (Å²) in [6.07, 6.45) is 1.13. The van der Waals surface area contributed by atoms with Crippen LogP contribution in [0.1, 0.15) is 16.1 Å². The van der Waals surface area contributed by atoms with Gasteiger partial charge in [-0.2, -0.15) is 0 Å². The third-order valence-corrected chi connectivity index (χ3v) is 5.02. The van der Waals surface area contributed by atoms with Crippen molar-refractivity contribution < 1.29 is 4.52 Å². The fraction of sp³-hybridized carbons (Fsp3) is 0.267. The number of hydrogen-bond donors (Lipinski definition) is 0. The van der Waals surface area contributed by atoms with E-state index in [-0.39, 0.29) is 0 Å². The van der Waals surface area contributed by atoms with E-state index in [1.165, 1.54) is 10.4 Å². The predicted octanol–water partition coefficient (Wildman–Crippen LogP) is 4.10. The molecule has 102 valence electrons. The van der Waals surface area contributed by atoms with Crippen molar-refractivity contribution in [3.05, 3.63) is 50.8 Å². The zero-order valence-corrected chi connectivity index (χ0v) is 12.4. The second-order valence-electron chi connectivity index (χ2n) is 5.10. The van der Waals surface area contributed by atoms with Crippen LogP contribution in [0.4, 0.5) is 0 Å². The van der Waals surface area contributed by atoms with Gasteiger partial charge in [0.25, 0.3) is 0 Å². The Morgan fingerprint density at radius 3 is 3.25 bits per heavy atom. The van der Waals surface area contributed by atoms with Crippen molar-refractivity contribution in [2.75, 3.05) is 6.54 Å². The van der Waals surface area contributed by atoms with E-state index in [1.54, 1.807) is 0 Å². The van der Waals surface area contributed by atoms with E-state index in [4.69, 9.17) is 16.1 Å². The van der Waals surface area contributed by atoms with Gasteiger partial charge in [0.1, 0.15) is 5.69 Å². The van der Waals surface area contributed by atoms with Crippen LogP contribution in [0, 0.1) is 0 Å². The fourth-order valence-electron chi connectivity index (χ4n) is 2.73. The first-order valence-corrected chi connectivity index (χ1v) is 7.87. The lowest BCUT2D eigenvalue weighted by Crippen LogP contribution is -2.29. The van der Waals surface area contributed by atoms with E-state index >= 15 is 0 Å². The maximum absolute atomic E-state index is 6.06. The molecule has 2 aromatic heterocycles. The van der Waals surface area contributed by atoms with Crippen LogP contribution < -0.4 is 0 Å². The van der Waals surface area contributed by atoms with Gasteiger partial charge in [0.15, 0.2) is 5.58 Å². The molecule has 0 amide bonds. The molecule has 3 heterocycles. The molecule has 1 aromatic carbocycles. The SMILES string of the molecule is Clc1ccc2onc(CN3CCc4sccc4C3)c2c1. The molecule has 4 rings (SSSR count). The van der Waals surface area contributed by atoms with Crippen LogP contribution in [0.15, 0.2) is 34.2 Å². The molecule has 3 nitrogen and oxygen atoms in total. The topological polar surface area (TPSA) is 29.3 Å². The Morgan fingerprint density at radius 1 is 1.35 bits per heavy atom. The summed E-state index contributed by atoms with van der Waals surface area (Å²) in [6, 6.07) is 7.87. The standard InChI is InChI=1S/C15H13ClN2OS/c16-11-1-2-14-12(7-11)13(17-19-14)9-18-5-3-15-10(8-18)4-6-20-15/h1-2,4,6-7H,3,5,8-9H2. The van der Waals surface area contributed by atoms with Crippen LogP contribution in [0.3, 0.4) is 0 Å². The molecule has 0 spiro atoms. The van der Waals surface area contributed by atoms with Gasteiger partial charge in [-0.05, 0) is 41.6 Å². The van der Waals surface area contributed by atoms with Gasteiger partial charge in [-0.15, -0.1) is 11.3 Å². The molecule has 0 radical (unpaired) electrons. The Kier molecular flexibility index (Phi) is 3.02. The van der Waals surface area contributed by atoms with Crippen LogP contribution in [-0.4, -0.2) is 16.6 Å². The molecular weight excluding hydrogens is 292 g/mol. The molecule has 0 N–H and O–H groups in total. The second-order valence-corrected chi connectivity index (χ2v) is 6.54. The third-order valence-electron chi connectivity index (χ3n) is 3.77. The van der Waals surface area contributed by atoms with Crippen LogP contribution in [0.25, 0.3) is 11.0 Å². The van der Waals surface area contributed by atoms with E-state index in [9.17, 15) is 0 Å². The average Bonchev–Trinajstić information content (AvgIpc) is 3.05. The van der Waals surface area contributed by atoms with Gasteiger partial charge in [0.05, 0.1) is 0 Å². The minimum atomic E-state index is 0.723. The van der Waals surface area contributed by atoms with Crippen molar-refractivity contribution >= 4 is 33.9 Å². The highest BCUT2D eigenvalue weighted by atomic mass is 35.5. The summed E-state index contributed by atoms with van der Waals surface area (Å²) >= 11 is 7.92. The first kappa shape index (κ1) is 12.4. The van der Waals surface area contributed by atoms with Crippen molar-refractivity contribution in [3.63, 3.8) is 0 Å². The maximum Gasteiger partial charge on any atom is 0.167 e. The van der Waals surface area contributed by atoms with E-state index in [2.05, 4.69) is 21.5 Å². The number of thiophene rings is 1. The molecule has 0 bridgehead atoms. The van der Waals surface area contributed by atoms with Gasteiger partial charge in [-0.3, -0.25) is 4.90 Å². The van der Waals surface area contributed by atoms with Crippen molar-refractivity contribution in [2.45, 2.75) is 19.5 Å². The summed E-state index contributed by atoms with van der Waals surface area (Å²) in [7, 11) is 0. The highest BCUT2D eigenvalue weighted by molar-refractivity contribution is 7.10. The number of benzene rings is 1. The molecule has 3 aromatic rings. The Balaban J connectivity index is 1.61. The molecule has 5 heteroatoms. The summed E-state index contributed by atoms with van der Waals surface area (Å²) in [5.74, 6) is 0. The largest absolute Gasteiger partial charge is 0.356 e. The van der Waals surface area contributed by atoms with Gasteiger partial charge in [-0.25, -0.2) is 0 Å². The quantitative estimate of drug-likeness (QED) is 0.714. The lowest BCUT2D eigenvalue weighted by atomic mass is 10.1. The van der Waals surface area contributed by atoms with Crippen LogP contribution in [0.2, 0.25) is 5.02 Å². The van der Waals surface area contributed by atoms with Crippen molar-refractivity contribution in [3.8, 4) is 0 Å². The predicted molar refractivity (Wildman–Crippen MR) is 81.2 cm³/mol. The molecule has 1 aliphatic rings. The lowest BCUT2D eigenvalue weighted by molar-refractivity contribution is 0.240. The smallest absolute Gasteiger partial charge is 0.167 e. The molecule has 0 aliphatic carbocycles. The van der Waals surface area contributed by atoms with E-state index in [0.717, 1.165) is 47.7 Å². The summed E-state index contributed by atoms with van der Waals surface area (Å²) in [4.78, 5) is 3.93. The molecule has 0 saturated carbocycles. The van der Waals surface area contributed by atoms with Gasteiger partial charge in [0, 0.05) is 34.9 Å². The first-order valence-electron chi connectivity index (χ1n) is 6.61. The summed E-state index contributed by atoms with van der Waals surface area (Å²) in [5, 5.41) is 8.13. The highest BCUT2D eigenvalue weighted by Crippen LogP contribution is 2.27. The zero-order chi connectivity index (χ0) is 13.5. The number of fused-ring (bicyclic) bond motifs is 2. The second kappa shape index (κ2) is 4.88.